The van der Waals surface area contributed by atoms with Gasteiger partial charge >= 0.3 is 11.7 Å². The van der Waals surface area contributed by atoms with Crippen LogP contribution in [0.2, 0.25) is 0 Å². The maximum atomic E-state index is 12.5. The smallest absolute Gasteiger partial charge is 0.351 e. The Balaban J connectivity index is 1.55. The van der Waals surface area contributed by atoms with Gasteiger partial charge in [-0.2, -0.15) is 5.10 Å². The highest BCUT2D eigenvalue weighted by Gasteiger charge is 2.07. The van der Waals surface area contributed by atoms with Crippen LogP contribution in [0.3, 0.4) is 0 Å². The number of ether oxygens (including phenoxy) is 2. The first kappa shape index (κ1) is 20.2. The average Bonchev–Trinajstić information content (AvgIpc) is 3.05. The summed E-state index contributed by atoms with van der Waals surface area (Å²) in [5.74, 6) is 0.760. The van der Waals surface area contributed by atoms with Gasteiger partial charge in [0.05, 0.1) is 11.6 Å². The van der Waals surface area contributed by atoms with E-state index in [1.165, 1.54) is 34.3 Å². The van der Waals surface area contributed by atoms with Crippen LogP contribution in [0.15, 0.2) is 69.0 Å². The largest absolute Gasteiger partial charge is 0.490 e. The van der Waals surface area contributed by atoms with Crippen molar-refractivity contribution in [3.05, 3.63) is 69.8 Å². The molecule has 0 fully saturated rings. The predicted octanol–water partition coefficient (Wildman–Crippen LogP) is 3.49. The molecule has 2 aromatic carbocycles. The molecular formula is C19H18BrN3O4S. The monoisotopic (exact) mass is 463 g/mol. The molecule has 146 valence electrons. The van der Waals surface area contributed by atoms with Crippen LogP contribution >= 0.6 is 27.7 Å². The van der Waals surface area contributed by atoms with Gasteiger partial charge in [0.2, 0.25) is 0 Å². The number of rotatable bonds is 8. The topological polar surface area (TPSA) is 75.3 Å². The zero-order chi connectivity index (χ0) is 19.9. The first-order chi connectivity index (χ1) is 13.5. The maximum Gasteiger partial charge on any atom is 0.351 e. The average molecular weight is 464 g/mol. The molecule has 7 nitrogen and oxygen atoms in total. The number of carbonyl (C=O) groups is 1. The maximum absolute atomic E-state index is 12.5. The van der Waals surface area contributed by atoms with E-state index in [4.69, 9.17) is 9.47 Å². The summed E-state index contributed by atoms with van der Waals surface area (Å²) >= 11 is 4.87. The Morgan fingerprint density at radius 3 is 2.50 bits per heavy atom. The Morgan fingerprint density at radius 1 is 1.11 bits per heavy atom. The number of esters is 1. The third-order valence-electron chi connectivity index (χ3n) is 3.67. The van der Waals surface area contributed by atoms with Crippen molar-refractivity contribution in [2.24, 2.45) is 0 Å². The van der Waals surface area contributed by atoms with E-state index < -0.39 is 0 Å². The van der Waals surface area contributed by atoms with E-state index in [1.807, 2.05) is 48.5 Å². The molecule has 0 spiro atoms. The lowest BCUT2D eigenvalue weighted by atomic mass is 10.3. The third kappa shape index (κ3) is 5.49. The van der Waals surface area contributed by atoms with Crippen LogP contribution in [0.5, 0.6) is 5.75 Å². The van der Waals surface area contributed by atoms with Gasteiger partial charge in [0.25, 0.3) is 0 Å². The Labute approximate surface area is 174 Å². The third-order valence-corrected chi connectivity index (χ3v) is 5.18. The second-order valence-electron chi connectivity index (χ2n) is 5.69. The molecule has 0 bridgehead atoms. The zero-order valence-corrected chi connectivity index (χ0v) is 17.5. The number of aromatic nitrogens is 3. The fraction of sp³-hybridized carbons (Fsp3) is 0.211. The number of hydrogen-bond donors (Lipinski definition) is 0. The molecule has 0 aliphatic carbocycles. The molecule has 0 N–H and O–H groups in total. The predicted molar refractivity (Wildman–Crippen MR) is 110 cm³/mol. The fourth-order valence-corrected chi connectivity index (χ4v) is 3.36. The molecule has 1 heterocycles. The SMILES string of the molecule is CC(=O)OCCOc1ccc(SCn2ncn(-c3ccc(Br)cc3)c2=O)cc1. The van der Waals surface area contributed by atoms with Crippen molar-refractivity contribution >= 4 is 33.7 Å². The van der Waals surface area contributed by atoms with Crippen molar-refractivity contribution in [1.82, 2.24) is 14.3 Å². The van der Waals surface area contributed by atoms with Crippen LogP contribution in [-0.4, -0.2) is 33.5 Å². The molecule has 0 aliphatic rings. The molecular weight excluding hydrogens is 446 g/mol. The van der Waals surface area contributed by atoms with Gasteiger partial charge in [-0.25, -0.2) is 14.0 Å². The normalized spacial score (nSPS) is 10.6. The van der Waals surface area contributed by atoms with Crippen LogP contribution in [0.1, 0.15) is 6.92 Å². The van der Waals surface area contributed by atoms with E-state index >= 15 is 0 Å². The second-order valence-corrected chi connectivity index (χ2v) is 7.63. The number of nitrogens with zero attached hydrogens (tertiary/aromatic N) is 3. The minimum Gasteiger partial charge on any atom is -0.490 e. The van der Waals surface area contributed by atoms with Gasteiger partial charge in [-0.3, -0.25) is 4.79 Å². The van der Waals surface area contributed by atoms with E-state index in [0.717, 1.165) is 15.1 Å². The van der Waals surface area contributed by atoms with Crippen molar-refractivity contribution in [2.45, 2.75) is 17.7 Å². The summed E-state index contributed by atoms with van der Waals surface area (Å²) in [6, 6.07) is 14.9. The minimum atomic E-state index is -0.326. The first-order valence-corrected chi connectivity index (χ1v) is 10.2. The van der Waals surface area contributed by atoms with Gasteiger partial charge < -0.3 is 9.47 Å². The van der Waals surface area contributed by atoms with Crippen LogP contribution in [0.25, 0.3) is 5.69 Å². The molecule has 0 atom stereocenters. The lowest BCUT2D eigenvalue weighted by Gasteiger charge is -2.07. The van der Waals surface area contributed by atoms with E-state index in [2.05, 4.69) is 21.0 Å². The Hall–Kier alpha value is -2.52. The quantitative estimate of drug-likeness (QED) is 0.289. The first-order valence-electron chi connectivity index (χ1n) is 8.42. The molecule has 3 rings (SSSR count). The number of halogens is 1. The zero-order valence-electron chi connectivity index (χ0n) is 15.1. The summed E-state index contributed by atoms with van der Waals surface area (Å²) < 4.78 is 14.2. The molecule has 0 aliphatic heterocycles. The molecule has 9 heteroatoms. The summed E-state index contributed by atoms with van der Waals surface area (Å²) in [5, 5.41) is 4.18. The molecule has 0 saturated heterocycles. The van der Waals surface area contributed by atoms with Gasteiger partial charge in [0.1, 0.15) is 25.3 Å². The van der Waals surface area contributed by atoms with Crippen molar-refractivity contribution in [3.8, 4) is 11.4 Å². The van der Waals surface area contributed by atoms with Gasteiger partial charge in [-0.15, -0.1) is 11.8 Å². The highest BCUT2D eigenvalue weighted by atomic mass is 79.9. The van der Waals surface area contributed by atoms with E-state index in [-0.39, 0.29) is 18.3 Å². The van der Waals surface area contributed by atoms with Crippen LogP contribution in [0, 0.1) is 0 Å². The molecule has 0 unspecified atom stereocenters. The molecule has 0 saturated carbocycles. The van der Waals surface area contributed by atoms with Gasteiger partial charge in [-0.1, -0.05) is 15.9 Å². The van der Waals surface area contributed by atoms with Crippen molar-refractivity contribution in [3.63, 3.8) is 0 Å². The summed E-state index contributed by atoms with van der Waals surface area (Å²) in [6.07, 6.45) is 1.52. The lowest BCUT2D eigenvalue weighted by molar-refractivity contribution is -0.141. The summed E-state index contributed by atoms with van der Waals surface area (Å²) in [6.45, 7) is 1.88. The number of benzene rings is 2. The summed E-state index contributed by atoms with van der Waals surface area (Å²) in [5.41, 5.74) is 0.569. The summed E-state index contributed by atoms with van der Waals surface area (Å²) in [7, 11) is 0. The van der Waals surface area contributed by atoms with Crippen LogP contribution < -0.4 is 10.4 Å². The van der Waals surface area contributed by atoms with Crippen LogP contribution in [0.4, 0.5) is 0 Å². The van der Waals surface area contributed by atoms with Gasteiger partial charge in [0, 0.05) is 16.3 Å². The van der Waals surface area contributed by atoms with E-state index in [0.29, 0.717) is 18.2 Å². The lowest BCUT2D eigenvalue weighted by Crippen LogP contribution is -2.23. The van der Waals surface area contributed by atoms with Gasteiger partial charge in [0.15, 0.2) is 0 Å². The highest BCUT2D eigenvalue weighted by Crippen LogP contribution is 2.22. The van der Waals surface area contributed by atoms with Crippen molar-refractivity contribution < 1.29 is 14.3 Å². The molecule has 0 amide bonds. The highest BCUT2D eigenvalue weighted by molar-refractivity contribution is 9.10. The number of thioether (sulfide) groups is 1. The fourth-order valence-electron chi connectivity index (χ4n) is 2.32. The minimum absolute atomic E-state index is 0.194. The number of carbonyl (C=O) groups excluding carboxylic acids is 1. The Bertz CT molecular complexity index is 984. The number of hydrogen-bond acceptors (Lipinski definition) is 6. The Morgan fingerprint density at radius 2 is 1.82 bits per heavy atom. The van der Waals surface area contributed by atoms with Crippen molar-refractivity contribution in [1.29, 1.82) is 0 Å². The summed E-state index contributed by atoms with van der Waals surface area (Å²) in [4.78, 5) is 24.2. The van der Waals surface area contributed by atoms with Crippen LogP contribution in [-0.2, 0) is 15.4 Å². The second kappa shape index (κ2) is 9.61. The van der Waals surface area contributed by atoms with Crippen molar-refractivity contribution in [2.75, 3.05) is 13.2 Å². The van der Waals surface area contributed by atoms with E-state index in [1.54, 1.807) is 0 Å². The molecule has 3 aromatic rings. The standard InChI is InChI=1S/C19H18BrN3O4S/c1-14(24)26-10-11-27-17-6-8-18(9-7-17)28-13-23-19(25)22(12-21-23)16-4-2-15(20)3-5-16/h2-9,12H,10-11,13H2,1H3. The molecule has 1 aromatic heterocycles. The van der Waals surface area contributed by atoms with E-state index in [9.17, 15) is 9.59 Å². The molecule has 0 radical (unpaired) electrons. The molecule has 28 heavy (non-hydrogen) atoms. The Kier molecular flexibility index (Phi) is 6.94. The van der Waals surface area contributed by atoms with Gasteiger partial charge in [-0.05, 0) is 48.5 Å².